The maximum atomic E-state index is 13.0. The molecule has 1 aromatic carbocycles. The van der Waals surface area contributed by atoms with Gasteiger partial charge in [0.05, 0.1) is 6.04 Å². The van der Waals surface area contributed by atoms with Gasteiger partial charge in [-0.25, -0.2) is 4.39 Å². The number of benzene rings is 1. The summed E-state index contributed by atoms with van der Waals surface area (Å²) in [5, 5.41) is 13.0. The highest BCUT2D eigenvalue weighted by Crippen LogP contribution is 2.31. The van der Waals surface area contributed by atoms with E-state index in [-0.39, 0.29) is 35.6 Å². The molecule has 2 aliphatic heterocycles. The molecule has 2 aromatic rings. The SMILES string of the molecule is O=C(NCc1ccc(F)cc1)c1cn2c(c(O)c1=O)C(=O)N1CCCCC2C1. The van der Waals surface area contributed by atoms with E-state index in [1.165, 1.54) is 30.5 Å². The van der Waals surface area contributed by atoms with E-state index >= 15 is 0 Å². The van der Waals surface area contributed by atoms with Crippen LogP contribution in [0.2, 0.25) is 0 Å². The van der Waals surface area contributed by atoms with Crippen molar-refractivity contribution < 1.29 is 19.1 Å². The second kappa shape index (κ2) is 7.10. The molecular weight excluding hydrogens is 365 g/mol. The van der Waals surface area contributed by atoms with Crippen molar-refractivity contribution in [3.8, 4) is 5.75 Å². The fourth-order valence-electron chi connectivity index (χ4n) is 3.84. The van der Waals surface area contributed by atoms with Crippen LogP contribution in [0, 0.1) is 5.82 Å². The summed E-state index contributed by atoms with van der Waals surface area (Å²) in [6, 6.07) is 5.55. The van der Waals surface area contributed by atoms with Crippen LogP contribution in [-0.2, 0) is 6.54 Å². The van der Waals surface area contributed by atoms with Gasteiger partial charge in [-0.05, 0) is 37.0 Å². The Bertz CT molecular complexity index is 1000. The smallest absolute Gasteiger partial charge is 0.274 e. The number of hydrogen-bond donors (Lipinski definition) is 2. The second-order valence-corrected chi connectivity index (χ2v) is 7.19. The van der Waals surface area contributed by atoms with Crippen LogP contribution in [0.3, 0.4) is 0 Å². The predicted octanol–water partition coefficient (Wildman–Crippen LogP) is 1.80. The van der Waals surface area contributed by atoms with Gasteiger partial charge in [0.25, 0.3) is 11.8 Å². The van der Waals surface area contributed by atoms with Gasteiger partial charge >= 0.3 is 0 Å². The zero-order valence-electron chi connectivity index (χ0n) is 15.2. The molecular formula is C20H20FN3O4. The number of aromatic hydroxyl groups is 1. The van der Waals surface area contributed by atoms with Crippen LogP contribution in [0.1, 0.15) is 51.7 Å². The summed E-state index contributed by atoms with van der Waals surface area (Å²) in [5.74, 6) is -2.10. The molecule has 3 heterocycles. The number of carbonyl (C=O) groups excluding carboxylic acids is 2. The first kappa shape index (κ1) is 18.2. The van der Waals surface area contributed by atoms with Gasteiger partial charge < -0.3 is 19.9 Å². The third-order valence-electron chi connectivity index (χ3n) is 5.35. The minimum atomic E-state index is -0.865. The maximum absolute atomic E-state index is 13.0. The molecule has 1 fully saturated rings. The first-order valence-electron chi connectivity index (χ1n) is 9.25. The topological polar surface area (TPSA) is 91.6 Å². The van der Waals surface area contributed by atoms with Crippen molar-refractivity contribution in [2.75, 3.05) is 13.1 Å². The van der Waals surface area contributed by atoms with Crippen LogP contribution in [0.5, 0.6) is 5.75 Å². The summed E-state index contributed by atoms with van der Waals surface area (Å²) in [5.41, 5.74) is -0.449. The van der Waals surface area contributed by atoms with E-state index in [0.29, 0.717) is 18.7 Å². The van der Waals surface area contributed by atoms with E-state index in [1.54, 1.807) is 9.47 Å². The minimum absolute atomic E-state index is 0.0433. The number of carbonyl (C=O) groups is 2. The molecule has 2 N–H and O–H groups in total. The van der Waals surface area contributed by atoms with E-state index < -0.39 is 17.1 Å². The molecule has 1 unspecified atom stereocenters. The zero-order chi connectivity index (χ0) is 19.8. The van der Waals surface area contributed by atoms with Crippen LogP contribution in [-0.4, -0.2) is 39.5 Å². The molecule has 8 heteroatoms. The first-order chi connectivity index (χ1) is 13.5. The molecule has 4 rings (SSSR count). The summed E-state index contributed by atoms with van der Waals surface area (Å²) in [6.07, 6.45) is 3.97. The number of fused-ring (bicyclic) bond motifs is 4. The lowest BCUT2D eigenvalue weighted by Gasteiger charge is -2.34. The van der Waals surface area contributed by atoms with Crippen molar-refractivity contribution in [3.63, 3.8) is 0 Å². The Morgan fingerprint density at radius 2 is 1.96 bits per heavy atom. The molecule has 28 heavy (non-hydrogen) atoms. The minimum Gasteiger partial charge on any atom is -0.503 e. The lowest BCUT2D eigenvalue weighted by Crippen LogP contribution is -2.44. The van der Waals surface area contributed by atoms with E-state index in [9.17, 15) is 23.9 Å². The van der Waals surface area contributed by atoms with Crippen molar-refractivity contribution in [3.05, 3.63) is 63.3 Å². The van der Waals surface area contributed by atoms with Crippen molar-refractivity contribution in [1.29, 1.82) is 0 Å². The van der Waals surface area contributed by atoms with Gasteiger partial charge in [-0.3, -0.25) is 14.4 Å². The van der Waals surface area contributed by atoms with Crippen molar-refractivity contribution in [2.24, 2.45) is 0 Å². The summed E-state index contributed by atoms with van der Waals surface area (Å²) in [4.78, 5) is 39.4. The van der Waals surface area contributed by atoms with Crippen LogP contribution in [0.15, 0.2) is 35.3 Å². The van der Waals surface area contributed by atoms with Crippen LogP contribution in [0.25, 0.3) is 0 Å². The van der Waals surface area contributed by atoms with Gasteiger partial charge in [-0.15, -0.1) is 0 Å². The summed E-state index contributed by atoms with van der Waals surface area (Å²) < 4.78 is 14.6. The monoisotopic (exact) mass is 385 g/mol. The number of aromatic nitrogens is 1. The maximum Gasteiger partial charge on any atom is 0.274 e. The number of nitrogens with zero attached hydrogens (tertiary/aromatic N) is 2. The van der Waals surface area contributed by atoms with E-state index in [4.69, 9.17) is 0 Å². The van der Waals surface area contributed by atoms with Crippen LogP contribution >= 0.6 is 0 Å². The molecule has 0 saturated carbocycles. The van der Waals surface area contributed by atoms with Gasteiger partial charge in [0, 0.05) is 25.8 Å². The van der Waals surface area contributed by atoms with Crippen LogP contribution < -0.4 is 10.7 Å². The summed E-state index contributed by atoms with van der Waals surface area (Å²) in [7, 11) is 0. The Balaban J connectivity index is 1.65. The average molecular weight is 385 g/mol. The molecule has 0 spiro atoms. The normalized spacial score (nSPS) is 18.4. The van der Waals surface area contributed by atoms with E-state index in [1.807, 2.05) is 0 Å². The van der Waals surface area contributed by atoms with Gasteiger partial charge in [-0.1, -0.05) is 12.1 Å². The largest absolute Gasteiger partial charge is 0.503 e. The molecule has 7 nitrogen and oxygen atoms in total. The quantitative estimate of drug-likeness (QED) is 0.843. The van der Waals surface area contributed by atoms with Gasteiger partial charge in [0.1, 0.15) is 11.4 Å². The van der Waals surface area contributed by atoms with Crippen LogP contribution in [0.4, 0.5) is 4.39 Å². The number of amides is 2. The molecule has 146 valence electrons. The molecule has 2 aliphatic rings. The molecule has 2 amide bonds. The van der Waals surface area contributed by atoms with E-state index in [0.717, 1.165) is 19.3 Å². The third kappa shape index (κ3) is 3.15. The molecule has 1 aromatic heterocycles. The lowest BCUT2D eigenvalue weighted by atomic mass is 10.1. The number of halogens is 1. The molecule has 0 aliphatic carbocycles. The predicted molar refractivity (Wildman–Crippen MR) is 98.7 cm³/mol. The fraction of sp³-hybridized carbons (Fsp3) is 0.350. The highest BCUT2D eigenvalue weighted by atomic mass is 19.1. The molecule has 1 atom stereocenters. The number of pyridine rings is 1. The summed E-state index contributed by atoms with van der Waals surface area (Å²) >= 11 is 0. The second-order valence-electron chi connectivity index (χ2n) is 7.19. The third-order valence-corrected chi connectivity index (χ3v) is 5.35. The fourth-order valence-corrected chi connectivity index (χ4v) is 3.84. The standard InChI is InChI=1S/C20H20FN3O4/c21-13-6-4-12(5-7-13)9-22-19(27)15-11-24-14-3-1-2-8-23(10-14)20(28)16(24)18(26)17(15)25/h4-7,11,14,26H,1-3,8-10H2,(H,22,27). The number of hydrogen-bond acceptors (Lipinski definition) is 4. The van der Waals surface area contributed by atoms with Crippen molar-refractivity contribution in [2.45, 2.75) is 31.8 Å². The zero-order valence-corrected chi connectivity index (χ0v) is 15.2. The average Bonchev–Trinajstić information content (AvgIpc) is 2.91. The Kier molecular flexibility index (Phi) is 4.62. The van der Waals surface area contributed by atoms with Gasteiger partial charge in [0.15, 0.2) is 11.4 Å². The molecule has 0 radical (unpaired) electrons. The Morgan fingerprint density at radius 3 is 2.71 bits per heavy atom. The van der Waals surface area contributed by atoms with Gasteiger partial charge in [0.2, 0.25) is 5.43 Å². The molecule has 2 bridgehead atoms. The number of rotatable bonds is 3. The Hall–Kier alpha value is -3.16. The van der Waals surface area contributed by atoms with Gasteiger partial charge in [-0.2, -0.15) is 0 Å². The Labute approximate surface area is 160 Å². The highest BCUT2D eigenvalue weighted by Gasteiger charge is 2.36. The number of nitrogens with one attached hydrogen (secondary N) is 1. The lowest BCUT2D eigenvalue weighted by molar-refractivity contribution is 0.0677. The van der Waals surface area contributed by atoms with E-state index in [2.05, 4.69) is 5.32 Å². The van der Waals surface area contributed by atoms with Crippen molar-refractivity contribution >= 4 is 11.8 Å². The summed E-state index contributed by atoms with van der Waals surface area (Å²) in [6.45, 7) is 1.21. The Morgan fingerprint density at radius 1 is 1.21 bits per heavy atom. The first-order valence-corrected chi connectivity index (χ1v) is 9.25. The molecule has 1 saturated heterocycles. The van der Waals surface area contributed by atoms with Crippen molar-refractivity contribution in [1.82, 2.24) is 14.8 Å². The highest BCUT2D eigenvalue weighted by molar-refractivity contribution is 5.99.